The van der Waals surface area contributed by atoms with Gasteiger partial charge in [0.1, 0.15) is 5.75 Å². The van der Waals surface area contributed by atoms with Gasteiger partial charge >= 0.3 is 0 Å². The molecule has 0 spiro atoms. The van der Waals surface area contributed by atoms with Gasteiger partial charge in [-0.15, -0.1) is 0 Å². The van der Waals surface area contributed by atoms with Crippen LogP contribution in [0.3, 0.4) is 0 Å². The van der Waals surface area contributed by atoms with Crippen LogP contribution in [0.25, 0.3) is 0 Å². The molecule has 1 aliphatic rings. The van der Waals surface area contributed by atoms with E-state index in [0.29, 0.717) is 12.5 Å². The Morgan fingerprint density at radius 1 is 1.33 bits per heavy atom. The Hall–Kier alpha value is -1.51. The van der Waals surface area contributed by atoms with E-state index in [1.807, 2.05) is 12.1 Å². The van der Waals surface area contributed by atoms with Crippen molar-refractivity contribution in [3.63, 3.8) is 0 Å². The molecule has 1 unspecified atom stereocenters. The molecule has 1 heterocycles. The van der Waals surface area contributed by atoms with E-state index in [2.05, 4.69) is 24.4 Å². The molecule has 1 atom stereocenters. The Morgan fingerprint density at radius 3 is 2.72 bits per heavy atom. The quantitative estimate of drug-likeness (QED) is 0.785. The zero-order valence-electron chi connectivity index (χ0n) is 10.9. The lowest BCUT2D eigenvalue weighted by atomic mass is 10.0. The van der Waals surface area contributed by atoms with Gasteiger partial charge in [0.2, 0.25) is 5.91 Å². The Morgan fingerprint density at radius 2 is 2.11 bits per heavy atom. The van der Waals surface area contributed by atoms with Crippen LogP contribution in [-0.2, 0) is 11.2 Å². The van der Waals surface area contributed by atoms with Crippen molar-refractivity contribution in [2.45, 2.75) is 45.1 Å². The number of carbonyl (C=O) groups excluding carboxylic acids is 1. The molecular weight excluding hydrogens is 226 g/mol. The lowest BCUT2D eigenvalue weighted by molar-refractivity contribution is -0.119. The molecular formula is C15H21NO2. The minimum Gasteiger partial charge on any atom is -0.494 e. The number of ether oxygens (including phenoxy) is 1. The van der Waals surface area contributed by atoms with Gasteiger partial charge in [0.25, 0.3) is 0 Å². The zero-order valence-corrected chi connectivity index (χ0v) is 10.9. The molecule has 1 aromatic rings. The molecule has 1 amide bonds. The van der Waals surface area contributed by atoms with Crippen LogP contribution < -0.4 is 10.1 Å². The molecule has 1 aliphatic heterocycles. The number of rotatable bonds is 6. The van der Waals surface area contributed by atoms with E-state index < -0.39 is 0 Å². The second-order valence-corrected chi connectivity index (χ2v) is 4.85. The Labute approximate surface area is 109 Å². The molecule has 0 saturated carbocycles. The van der Waals surface area contributed by atoms with Gasteiger partial charge in [0.05, 0.1) is 6.61 Å². The fourth-order valence-electron chi connectivity index (χ4n) is 2.17. The number of benzene rings is 1. The molecule has 98 valence electrons. The summed E-state index contributed by atoms with van der Waals surface area (Å²) in [6.07, 6.45) is 4.78. The summed E-state index contributed by atoms with van der Waals surface area (Å²) in [6.45, 7) is 2.94. The van der Waals surface area contributed by atoms with E-state index in [1.54, 1.807) is 0 Å². The van der Waals surface area contributed by atoms with E-state index in [1.165, 1.54) is 5.56 Å². The zero-order chi connectivity index (χ0) is 12.8. The van der Waals surface area contributed by atoms with E-state index in [9.17, 15) is 4.79 Å². The van der Waals surface area contributed by atoms with Crippen LogP contribution in [0.1, 0.15) is 38.2 Å². The van der Waals surface area contributed by atoms with Gasteiger partial charge in [-0.1, -0.05) is 25.5 Å². The first-order valence-corrected chi connectivity index (χ1v) is 6.79. The number of hydrogen-bond donors (Lipinski definition) is 1. The molecule has 0 bridgehead atoms. The van der Waals surface area contributed by atoms with Crippen molar-refractivity contribution in [1.29, 1.82) is 0 Å². The highest BCUT2D eigenvalue weighted by atomic mass is 16.5. The third-order valence-corrected chi connectivity index (χ3v) is 3.26. The maximum absolute atomic E-state index is 11.1. The van der Waals surface area contributed by atoms with Crippen molar-refractivity contribution in [2.75, 3.05) is 6.61 Å². The summed E-state index contributed by atoms with van der Waals surface area (Å²) in [5, 5.41) is 2.99. The first kappa shape index (κ1) is 12.9. The molecule has 0 aromatic heterocycles. The van der Waals surface area contributed by atoms with E-state index >= 15 is 0 Å². The predicted molar refractivity (Wildman–Crippen MR) is 71.7 cm³/mol. The minimum absolute atomic E-state index is 0.180. The van der Waals surface area contributed by atoms with Crippen LogP contribution in [0.15, 0.2) is 24.3 Å². The highest BCUT2D eigenvalue weighted by Gasteiger charge is 2.20. The van der Waals surface area contributed by atoms with Crippen LogP contribution in [0, 0.1) is 0 Å². The van der Waals surface area contributed by atoms with Crippen molar-refractivity contribution in [3.8, 4) is 5.75 Å². The fourth-order valence-corrected chi connectivity index (χ4v) is 2.17. The van der Waals surface area contributed by atoms with Crippen molar-refractivity contribution in [3.05, 3.63) is 29.8 Å². The fraction of sp³-hybridized carbons (Fsp3) is 0.533. The van der Waals surface area contributed by atoms with E-state index in [0.717, 1.165) is 38.0 Å². The normalized spacial score (nSPS) is 18.7. The average molecular weight is 247 g/mol. The van der Waals surface area contributed by atoms with Gasteiger partial charge in [-0.25, -0.2) is 0 Å². The molecule has 2 rings (SSSR count). The number of hydrogen-bond acceptors (Lipinski definition) is 2. The highest BCUT2D eigenvalue weighted by Crippen LogP contribution is 2.17. The highest BCUT2D eigenvalue weighted by molar-refractivity contribution is 5.78. The maximum Gasteiger partial charge on any atom is 0.220 e. The monoisotopic (exact) mass is 247 g/mol. The summed E-state index contributed by atoms with van der Waals surface area (Å²) >= 11 is 0. The Kier molecular flexibility index (Phi) is 4.62. The third-order valence-electron chi connectivity index (χ3n) is 3.26. The molecule has 3 heteroatoms. The molecule has 3 nitrogen and oxygen atoms in total. The summed E-state index contributed by atoms with van der Waals surface area (Å²) in [7, 11) is 0. The van der Waals surface area contributed by atoms with Crippen LogP contribution in [0.2, 0.25) is 0 Å². The summed E-state index contributed by atoms with van der Waals surface area (Å²) in [5.74, 6) is 1.11. The van der Waals surface area contributed by atoms with E-state index in [4.69, 9.17) is 4.74 Å². The summed E-state index contributed by atoms with van der Waals surface area (Å²) in [5.41, 5.74) is 1.25. The average Bonchev–Trinajstić information content (AvgIpc) is 2.77. The largest absolute Gasteiger partial charge is 0.494 e. The standard InChI is InChI=1S/C15H21NO2/c1-2-3-10-18-14-7-4-12(5-8-14)11-13-6-9-15(17)16-13/h4-5,7-8,13H,2-3,6,9-11H2,1H3,(H,16,17). The third kappa shape index (κ3) is 3.76. The number of amides is 1. The molecule has 1 saturated heterocycles. The lowest BCUT2D eigenvalue weighted by Crippen LogP contribution is -2.27. The molecule has 18 heavy (non-hydrogen) atoms. The smallest absolute Gasteiger partial charge is 0.220 e. The van der Waals surface area contributed by atoms with Gasteiger partial charge in [-0.2, -0.15) is 0 Å². The summed E-state index contributed by atoms with van der Waals surface area (Å²) in [6, 6.07) is 8.52. The van der Waals surface area contributed by atoms with Crippen LogP contribution in [-0.4, -0.2) is 18.6 Å². The second kappa shape index (κ2) is 6.43. The maximum atomic E-state index is 11.1. The predicted octanol–water partition coefficient (Wildman–Crippen LogP) is 2.69. The van der Waals surface area contributed by atoms with Crippen molar-refractivity contribution in [2.24, 2.45) is 0 Å². The first-order valence-electron chi connectivity index (χ1n) is 6.79. The number of carbonyl (C=O) groups is 1. The van der Waals surface area contributed by atoms with E-state index in [-0.39, 0.29) is 5.91 Å². The topological polar surface area (TPSA) is 38.3 Å². The lowest BCUT2D eigenvalue weighted by Gasteiger charge is -2.10. The van der Waals surface area contributed by atoms with Gasteiger partial charge in [-0.3, -0.25) is 4.79 Å². The first-order chi connectivity index (χ1) is 8.78. The number of nitrogens with one attached hydrogen (secondary N) is 1. The van der Waals surface area contributed by atoms with Gasteiger partial charge in [0, 0.05) is 12.5 Å². The van der Waals surface area contributed by atoms with Crippen LogP contribution in [0.5, 0.6) is 5.75 Å². The molecule has 1 aromatic carbocycles. The summed E-state index contributed by atoms with van der Waals surface area (Å²) < 4.78 is 5.62. The van der Waals surface area contributed by atoms with Gasteiger partial charge in [-0.05, 0) is 37.0 Å². The Balaban J connectivity index is 1.81. The van der Waals surface area contributed by atoms with Crippen molar-refractivity contribution >= 4 is 5.91 Å². The minimum atomic E-state index is 0.180. The van der Waals surface area contributed by atoms with Crippen LogP contribution in [0.4, 0.5) is 0 Å². The van der Waals surface area contributed by atoms with Gasteiger partial charge < -0.3 is 10.1 Å². The molecule has 0 radical (unpaired) electrons. The number of unbranched alkanes of at least 4 members (excludes halogenated alkanes) is 1. The Bertz CT molecular complexity index is 386. The molecule has 0 aliphatic carbocycles. The van der Waals surface area contributed by atoms with Crippen molar-refractivity contribution < 1.29 is 9.53 Å². The second-order valence-electron chi connectivity index (χ2n) is 4.85. The molecule has 1 fully saturated rings. The van der Waals surface area contributed by atoms with Gasteiger partial charge in [0.15, 0.2) is 0 Å². The molecule has 1 N–H and O–H groups in total. The van der Waals surface area contributed by atoms with Crippen LogP contribution >= 0.6 is 0 Å². The SMILES string of the molecule is CCCCOc1ccc(CC2CCC(=O)N2)cc1. The summed E-state index contributed by atoms with van der Waals surface area (Å²) in [4.78, 5) is 11.1. The van der Waals surface area contributed by atoms with Crippen molar-refractivity contribution in [1.82, 2.24) is 5.32 Å².